The Balaban J connectivity index is 1.57. The predicted octanol–water partition coefficient (Wildman–Crippen LogP) is 6.24. The summed E-state index contributed by atoms with van der Waals surface area (Å²) in [6, 6.07) is 59.0. The van der Waals surface area contributed by atoms with Crippen LogP contribution in [-0.4, -0.2) is 20.2 Å². The molecule has 0 amide bonds. The van der Waals surface area contributed by atoms with Gasteiger partial charge in [0.15, 0.2) is 0 Å². The summed E-state index contributed by atoms with van der Waals surface area (Å²) in [5.41, 5.74) is 5.35. The van der Waals surface area contributed by atoms with Crippen LogP contribution in [0.2, 0.25) is 0 Å². The van der Waals surface area contributed by atoms with Crippen molar-refractivity contribution >= 4 is 54.6 Å². The molecule has 0 radical (unpaired) electrons. The summed E-state index contributed by atoms with van der Waals surface area (Å²) >= 11 is -2.35. The third-order valence-electron chi connectivity index (χ3n) is 7.19. The molecule has 0 fully saturated rings. The van der Waals surface area contributed by atoms with Crippen molar-refractivity contribution in [3.8, 4) is 11.1 Å². The Morgan fingerprint density at radius 1 is 0.400 bits per heavy atom. The van der Waals surface area contributed by atoms with Crippen molar-refractivity contribution in [1.29, 1.82) is 0 Å². The van der Waals surface area contributed by atoms with Crippen LogP contribution in [0.1, 0.15) is 11.1 Å². The molecule has 0 nitrogen and oxygen atoms in total. The molecule has 6 aromatic rings. The molecule has 0 N–H and O–H groups in total. The fourth-order valence-electron chi connectivity index (χ4n) is 5.19. The van der Waals surface area contributed by atoms with Gasteiger partial charge >= 0.3 is 248 Å². The van der Waals surface area contributed by atoms with E-state index in [1.807, 2.05) is 0 Å². The van der Waals surface area contributed by atoms with Gasteiger partial charge < -0.3 is 0 Å². The average Bonchev–Trinajstić information content (AvgIpc) is 3.01. The Kier molecular flexibility index (Phi) is 8.29. The molecule has 0 unspecified atom stereocenters. The number of aryl methyl sites for hydroxylation is 2. The van der Waals surface area contributed by atoms with Gasteiger partial charge in [-0.15, -0.1) is 0 Å². The Labute approximate surface area is 247 Å². The standard InChI is InChI=1S/C24H18P.2C7H7.Sb/c1-4-12-20(13-5-1)23-18-10-11-19-24(23)25(21-14-6-2-7-15-21)22-16-8-3-9-17-22;2*1-7-5-3-2-4-6-7;/h1-12,14-19H;2*3-6H,1H3;. The molecule has 0 aliphatic heterocycles. The van der Waals surface area contributed by atoms with Crippen molar-refractivity contribution in [1.82, 2.24) is 0 Å². The summed E-state index contributed by atoms with van der Waals surface area (Å²) in [4.78, 5) is 0. The summed E-state index contributed by atoms with van der Waals surface area (Å²) in [6.07, 6.45) is 0. The molecule has 0 aliphatic rings. The van der Waals surface area contributed by atoms with Crippen LogP contribution in [0.5, 0.6) is 0 Å². The molecule has 0 aromatic heterocycles. The molecule has 0 spiro atoms. The van der Waals surface area contributed by atoms with Crippen molar-refractivity contribution < 1.29 is 0 Å². The van der Waals surface area contributed by atoms with E-state index in [4.69, 9.17) is 0 Å². The predicted molar refractivity (Wildman–Crippen MR) is 178 cm³/mol. The molecular weight excluding hydrogens is 609 g/mol. The van der Waals surface area contributed by atoms with Gasteiger partial charge in [0.2, 0.25) is 0 Å². The second kappa shape index (κ2) is 12.4. The molecule has 6 rings (SSSR count). The van der Waals surface area contributed by atoms with Crippen molar-refractivity contribution in [3.05, 3.63) is 169 Å². The fraction of sp³-hybridized carbons (Fsp3) is 0.0526. The molecule has 194 valence electrons. The first-order valence-electron chi connectivity index (χ1n) is 13.7. The number of hydrogen-bond acceptors (Lipinski definition) is 0. The molecule has 40 heavy (non-hydrogen) atoms. The van der Waals surface area contributed by atoms with Crippen molar-refractivity contribution in [2.75, 3.05) is 0 Å². The molecule has 6 aromatic carbocycles. The molecule has 0 atom stereocenters. The van der Waals surface area contributed by atoms with E-state index in [1.165, 1.54) is 48.7 Å². The van der Waals surface area contributed by atoms with Crippen LogP contribution in [0.3, 0.4) is 0 Å². The van der Waals surface area contributed by atoms with Crippen LogP contribution in [0.25, 0.3) is 11.1 Å². The van der Waals surface area contributed by atoms with Gasteiger partial charge in [-0.1, -0.05) is 0 Å². The number of hydrogen-bond donors (Lipinski definition) is 0. The average molecular weight is 641 g/mol. The Bertz CT molecular complexity index is 1610. The van der Waals surface area contributed by atoms with Gasteiger partial charge in [-0.05, 0) is 0 Å². The molecule has 0 aliphatic carbocycles. The van der Waals surface area contributed by atoms with Crippen LogP contribution in [0.4, 0.5) is 0 Å². The second-order valence-electron chi connectivity index (χ2n) is 10.0. The molecule has 0 bridgehead atoms. The first-order valence-corrected chi connectivity index (χ1v) is 18.9. The third-order valence-corrected chi connectivity index (χ3v) is 16.8. The van der Waals surface area contributed by atoms with E-state index in [0.717, 1.165) is 0 Å². The van der Waals surface area contributed by atoms with E-state index in [1.54, 1.807) is 0 Å². The molecular formula is C38H32PSb. The van der Waals surface area contributed by atoms with E-state index in [2.05, 4.69) is 172 Å². The second-order valence-corrected chi connectivity index (χ2v) is 18.5. The monoisotopic (exact) mass is 640 g/mol. The van der Waals surface area contributed by atoms with E-state index in [9.17, 15) is 0 Å². The van der Waals surface area contributed by atoms with Crippen LogP contribution >= 0.6 is 7.92 Å². The summed E-state index contributed by atoms with van der Waals surface area (Å²) < 4.78 is 4.51. The topological polar surface area (TPSA) is 0 Å². The maximum atomic E-state index is 2.40. The molecule has 0 saturated heterocycles. The van der Waals surface area contributed by atoms with Crippen molar-refractivity contribution in [2.24, 2.45) is 0 Å². The van der Waals surface area contributed by atoms with Gasteiger partial charge in [0, 0.05) is 0 Å². The first kappa shape index (κ1) is 26.8. The Morgan fingerprint density at radius 3 is 1.35 bits per heavy atom. The molecule has 2 heteroatoms. The van der Waals surface area contributed by atoms with Crippen LogP contribution < -0.4 is 26.4 Å². The number of rotatable bonds is 7. The Morgan fingerprint density at radius 2 is 0.825 bits per heavy atom. The van der Waals surface area contributed by atoms with E-state index in [0.29, 0.717) is 0 Å². The van der Waals surface area contributed by atoms with Crippen LogP contribution in [0, 0.1) is 13.8 Å². The van der Waals surface area contributed by atoms with Crippen LogP contribution in [-0.2, 0) is 0 Å². The van der Waals surface area contributed by atoms with Crippen LogP contribution in [0.15, 0.2) is 158 Å². The molecule has 0 saturated carbocycles. The quantitative estimate of drug-likeness (QED) is 0.143. The van der Waals surface area contributed by atoms with Gasteiger partial charge in [-0.3, -0.25) is 0 Å². The first-order chi connectivity index (χ1) is 19.7. The zero-order valence-electron chi connectivity index (χ0n) is 22.9. The Hall–Kier alpha value is -3.43. The van der Waals surface area contributed by atoms with Crippen molar-refractivity contribution in [2.45, 2.75) is 13.8 Å². The SMILES string of the molecule is Cc1cc[c]([Sb]([c]2ccc(C)cc2)[c]2ccccc2-c2ccccc2P(c2ccccc2)c2ccccc2)cc1. The van der Waals surface area contributed by atoms with Gasteiger partial charge in [-0.2, -0.15) is 0 Å². The summed E-state index contributed by atoms with van der Waals surface area (Å²) in [6.45, 7) is 4.35. The van der Waals surface area contributed by atoms with E-state index >= 15 is 0 Å². The maximum absolute atomic E-state index is 2.40. The van der Waals surface area contributed by atoms with Gasteiger partial charge in [-0.25, -0.2) is 0 Å². The third kappa shape index (κ3) is 5.71. The van der Waals surface area contributed by atoms with E-state index in [-0.39, 0.29) is 0 Å². The normalized spacial score (nSPS) is 11.2. The van der Waals surface area contributed by atoms with Gasteiger partial charge in [0.25, 0.3) is 0 Å². The molecule has 0 heterocycles. The minimum atomic E-state index is -2.35. The van der Waals surface area contributed by atoms with E-state index < -0.39 is 28.1 Å². The van der Waals surface area contributed by atoms with Crippen molar-refractivity contribution in [3.63, 3.8) is 0 Å². The summed E-state index contributed by atoms with van der Waals surface area (Å²) in [5, 5.41) is 4.17. The number of benzene rings is 6. The fourth-order valence-corrected chi connectivity index (χ4v) is 14.6. The summed E-state index contributed by atoms with van der Waals surface area (Å²) in [7, 11) is -0.719. The summed E-state index contributed by atoms with van der Waals surface area (Å²) in [5.74, 6) is 0. The zero-order valence-corrected chi connectivity index (χ0v) is 26.4. The zero-order chi connectivity index (χ0) is 27.3. The van der Waals surface area contributed by atoms with Gasteiger partial charge in [0.1, 0.15) is 0 Å². The van der Waals surface area contributed by atoms with Gasteiger partial charge in [0.05, 0.1) is 0 Å². The minimum absolute atomic E-state index is 0.719.